The lowest BCUT2D eigenvalue weighted by molar-refractivity contribution is 0.569. The van der Waals surface area contributed by atoms with Crippen LogP contribution >= 0.6 is 0 Å². The molecule has 2 aromatic rings. The van der Waals surface area contributed by atoms with E-state index >= 15 is 0 Å². The minimum Gasteiger partial charge on any atom is -0.253 e. The Hall–Kier alpha value is -1.71. The molecule has 0 atom stereocenters. The summed E-state index contributed by atoms with van der Waals surface area (Å²) in [5.74, 6) is -1.05. The number of rotatable bonds is 1. The van der Waals surface area contributed by atoms with Gasteiger partial charge in [-0.1, -0.05) is 32.9 Å². The number of H-pyrrole nitrogens is 1. The summed E-state index contributed by atoms with van der Waals surface area (Å²) in [4.78, 5) is 0. The number of nitrogens with one attached hydrogen (secondary N) is 1. The van der Waals surface area contributed by atoms with Crippen molar-refractivity contribution in [3.63, 3.8) is 0 Å². The third-order valence-electron chi connectivity index (χ3n) is 2.72. The Morgan fingerprint density at radius 3 is 2.29 bits per heavy atom. The summed E-state index contributed by atoms with van der Waals surface area (Å²) in [6, 6.07) is 4.84. The van der Waals surface area contributed by atoms with Gasteiger partial charge < -0.3 is 0 Å². The number of halogens is 2. The molecule has 4 heteroatoms. The van der Waals surface area contributed by atoms with Crippen molar-refractivity contribution in [3.05, 3.63) is 41.7 Å². The molecule has 1 aromatic heterocycles. The number of nitrogens with zero attached hydrogens (tertiary/aromatic N) is 1. The first-order valence-corrected chi connectivity index (χ1v) is 5.39. The number of benzene rings is 1. The van der Waals surface area contributed by atoms with Crippen LogP contribution in [0.2, 0.25) is 0 Å². The summed E-state index contributed by atoms with van der Waals surface area (Å²) in [5.41, 5.74) is 1.13. The van der Waals surface area contributed by atoms with E-state index in [1.54, 1.807) is 6.07 Å². The Kier molecular flexibility index (Phi) is 2.73. The molecule has 0 saturated carbocycles. The number of hydrogen-bond acceptors (Lipinski definition) is 1. The highest BCUT2D eigenvalue weighted by molar-refractivity contribution is 5.63. The van der Waals surface area contributed by atoms with Gasteiger partial charge in [-0.15, -0.1) is 0 Å². The first-order valence-electron chi connectivity index (χ1n) is 5.39. The van der Waals surface area contributed by atoms with Crippen LogP contribution in [0.15, 0.2) is 24.4 Å². The maximum Gasteiger partial charge on any atom is 0.216 e. The molecule has 17 heavy (non-hydrogen) atoms. The fourth-order valence-corrected chi connectivity index (χ4v) is 1.66. The van der Waals surface area contributed by atoms with E-state index in [4.69, 9.17) is 0 Å². The number of aromatic nitrogens is 2. The first kappa shape index (κ1) is 11.8. The predicted molar refractivity (Wildman–Crippen MR) is 62.6 cm³/mol. The molecular weight excluding hydrogens is 222 g/mol. The highest BCUT2D eigenvalue weighted by atomic mass is 19.1. The van der Waals surface area contributed by atoms with Crippen LogP contribution in [0.3, 0.4) is 0 Å². The summed E-state index contributed by atoms with van der Waals surface area (Å²) in [7, 11) is 0. The maximum absolute atomic E-state index is 13.9. The zero-order valence-electron chi connectivity index (χ0n) is 10.0. The average Bonchev–Trinajstić information content (AvgIpc) is 2.63. The minimum atomic E-state index is -0.618. The summed E-state index contributed by atoms with van der Waals surface area (Å²) in [5, 5.41) is 5.70. The molecule has 0 unspecified atom stereocenters. The fourth-order valence-electron chi connectivity index (χ4n) is 1.66. The largest absolute Gasteiger partial charge is 0.253 e. The molecule has 0 amide bonds. The van der Waals surface area contributed by atoms with Crippen LogP contribution in [0.4, 0.5) is 8.78 Å². The Morgan fingerprint density at radius 1 is 1.12 bits per heavy atom. The van der Waals surface area contributed by atoms with E-state index < -0.39 is 11.8 Å². The quantitative estimate of drug-likeness (QED) is 0.804. The van der Waals surface area contributed by atoms with Crippen molar-refractivity contribution in [1.29, 1.82) is 0 Å². The highest BCUT2D eigenvalue weighted by Crippen LogP contribution is 2.29. The molecule has 0 aliphatic carbocycles. The highest BCUT2D eigenvalue weighted by Gasteiger charge is 2.17. The molecule has 0 spiro atoms. The lowest BCUT2D eigenvalue weighted by Crippen LogP contribution is -2.11. The summed E-state index contributed by atoms with van der Waals surface area (Å²) in [6.07, 6.45) is 1.28. The first-order chi connectivity index (χ1) is 7.89. The van der Waals surface area contributed by atoms with E-state index in [0.717, 1.165) is 5.56 Å². The van der Waals surface area contributed by atoms with Crippen molar-refractivity contribution in [3.8, 4) is 11.1 Å². The second-order valence-corrected chi connectivity index (χ2v) is 5.04. The van der Waals surface area contributed by atoms with Gasteiger partial charge in [-0.05, 0) is 17.0 Å². The molecule has 90 valence electrons. The van der Waals surface area contributed by atoms with Gasteiger partial charge in [0.15, 0.2) is 0 Å². The van der Waals surface area contributed by atoms with Crippen molar-refractivity contribution in [2.45, 2.75) is 26.2 Å². The third kappa shape index (κ3) is 2.20. The van der Waals surface area contributed by atoms with Gasteiger partial charge in [0.25, 0.3) is 0 Å². The van der Waals surface area contributed by atoms with E-state index in [1.807, 2.05) is 26.8 Å². The zero-order chi connectivity index (χ0) is 12.6. The van der Waals surface area contributed by atoms with Crippen LogP contribution in [0.1, 0.15) is 26.3 Å². The van der Waals surface area contributed by atoms with Gasteiger partial charge in [0, 0.05) is 5.56 Å². The van der Waals surface area contributed by atoms with E-state index in [2.05, 4.69) is 10.2 Å². The van der Waals surface area contributed by atoms with Crippen molar-refractivity contribution in [1.82, 2.24) is 10.2 Å². The molecule has 0 bridgehead atoms. The molecule has 2 nitrogen and oxygen atoms in total. The Bertz CT molecular complexity index is 539. The molecule has 0 saturated heterocycles. The molecule has 2 rings (SSSR count). The van der Waals surface area contributed by atoms with E-state index in [-0.39, 0.29) is 16.5 Å². The van der Waals surface area contributed by atoms with Gasteiger partial charge in [-0.25, -0.2) is 4.39 Å². The summed E-state index contributed by atoms with van der Waals surface area (Å²) in [6.45, 7) is 6.00. The SMILES string of the molecule is CC(C)(C)c1ccc(-c2cn[nH]c2F)c(F)c1. The van der Waals surface area contributed by atoms with Crippen LogP contribution in [-0.2, 0) is 5.41 Å². The van der Waals surface area contributed by atoms with Crippen molar-refractivity contribution >= 4 is 0 Å². The van der Waals surface area contributed by atoms with E-state index in [9.17, 15) is 8.78 Å². The predicted octanol–water partition coefficient (Wildman–Crippen LogP) is 3.65. The molecule has 0 aliphatic heterocycles. The van der Waals surface area contributed by atoms with Crippen molar-refractivity contribution < 1.29 is 8.78 Å². The molecular formula is C13H14F2N2. The van der Waals surface area contributed by atoms with Gasteiger partial charge in [-0.2, -0.15) is 9.49 Å². The molecule has 0 fully saturated rings. The molecule has 1 heterocycles. The summed E-state index contributed by atoms with van der Waals surface area (Å²) < 4.78 is 27.2. The van der Waals surface area contributed by atoms with E-state index in [0.29, 0.717) is 0 Å². The monoisotopic (exact) mass is 236 g/mol. The van der Waals surface area contributed by atoms with Gasteiger partial charge in [-0.3, -0.25) is 5.10 Å². The van der Waals surface area contributed by atoms with Gasteiger partial charge in [0.2, 0.25) is 5.95 Å². The topological polar surface area (TPSA) is 28.7 Å². The zero-order valence-corrected chi connectivity index (χ0v) is 10.0. The van der Waals surface area contributed by atoms with Crippen LogP contribution in [0, 0.1) is 11.8 Å². The molecule has 0 aliphatic rings. The Balaban J connectivity index is 2.50. The number of aromatic amines is 1. The van der Waals surface area contributed by atoms with Gasteiger partial charge in [0.05, 0.1) is 11.8 Å². The van der Waals surface area contributed by atoms with Crippen molar-refractivity contribution in [2.24, 2.45) is 0 Å². The van der Waals surface area contributed by atoms with Crippen molar-refractivity contribution in [2.75, 3.05) is 0 Å². The standard InChI is InChI=1S/C13H14F2N2/c1-13(2,3)8-4-5-9(11(14)6-8)10-7-16-17-12(10)15/h4-7H,1-3H3,(H,16,17). The molecule has 0 radical (unpaired) electrons. The van der Waals surface area contributed by atoms with Crippen LogP contribution in [0.25, 0.3) is 11.1 Å². The van der Waals surface area contributed by atoms with Crippen LogP contribution in [-0.4, -0.2) is 10.2 Å². The fraction of sp³-hybridized carbons (Fsp3) is 0.308. The lowest BCUT2D eigenvalue weighted by Gasteiger charge is -2.19. The van der Waals surface area contributed by atoms with Crippen LogP contribution < -0.4 is 0 Å². The van der Waals surface area contributed by atoms with Gasteiger partial charge in [0.1, 0.15) is 5.82 Å². The Labute approximate surface area is 98.7 Å². The molecule has 1 N–H and O–H groups in total. The minimum absolute atomic E-state index is 0.131. The lowest BCUT2D eigenvalue weighted by atomic mass is 9.86. The second-order valence-electron chi connectivity index (χ2n) is 5.04. The maximum atomic E-state index is 13.9. The normalized spacial score (nSPS) is 11.8. The smallest absolute Gasteiger partial charge is 0.216 e. The average molecular weight is 236 g/mol. The van der Waals surface area contributed by atoms with Gasteiger partial charge >= 0.3 is 0 Å². The number of hydrogen-bond donors (Lipinski definition) is 1. The molecule has 1 aromatic carbocycles. The third-order valence-corrected chi connectivity index (χ3v) is 2.72. The second kappa shape index (κ2) is 3.95. The van der Waals surface area contributed by atoms with E-state index in [1.165, 1.54) is 12.3 Å². The Morgan fingerprint density at radius 2 is 1.82 bits per heavy atom. The summed E-state index contributed by atoms with van der Waals surface area (Å²) >= 11 is 0. The van der Waals surface area contributed by atoms with Crippen LogP contribution in [0.5, 0.6) is 0 Å².